The van der Waals surface area contributed by atoms with Gasteiger partial charge in [-0.3, -0.25) is 10.2 Å². The van der Waals surface area contributed by atoms with Gasteiger partial charge in [-0.15, -0.1) is 0 Å². The number of rotatable bonds is 4. The van der Waals surface area contributed by atoms with Gasteiger partial charge in [0.25, 0.3) is 5.91 Å². The van der Waals surface area contributed by atoms with Crippen LogP contribution in [0.3, 0.4) is 0 Å². The third-order valence-corrected chi connectivity index (χ3v) is 6.13. The monoisotopic (exact) mass is 480 g/mol. The van der Waals surface area contributed by atoms with Crippen molar-refractivity contribution >= 4 is 50.6 Å². The first-order valence-electron chi connectivity index (χ1n) is 10.1. The van der Waals surface area contributed by atoms with Crippen LogP contribution in [-0.4, -0.2) is 33.1 Å². The molecule has 0 unspecified atom stereocenters. The van der Waals surface area contributed by atoms with Crippen LogP contribution in [-0.2, 0) is 11.4 Å². The third kappa shape index (κ3) is 4.08. The molecule has 5 rings (SSSR count). The van der Waals surface area contributed by atoms with Crippen LogP contribution in [0, 0.1) is 5.41 Å². The summed E-state index contributed by atoms with van der Waals surface area (Å²) in [4.78, 5) is 16.2. The fraction of sp³-hybridized carbons (Fsp3) is 0.0833. The maximum atomic E-state index is 13.0. The number of nitrogens with one attached hydrogen (secondary N) is 1. The molecule has 10 heteroatoms. The number of carbonyl (C=O) groups is 1. The molecule has 2 heterocycles. The van der Waals surface area contributed by atoms with E-state index in [1.165, 1.54) is 6.08 Å². The Hall–Kier alpha value is -3.92. The second-order valence-electron chi connectivity index (χ2n) is 7.39. The van der Waals surface area contributed by atoms with E-state index in [1.54, 1.807) is 24.3 Å². The number of thioether (sulfide) groups is 1. The van der Waals surface area contributed by atoms with Gasteiger partial charge in [0.2, 0.25) is 10.2 Å². The molecular weight excluding hydrogens is 465 g/mol. The van der Waals surface area contributed by atoms with Crippen LogP contribution in [0.4, 0.5) is 13.2 Å². The highest BCUT2D eigenvalue weighted by atomic mass is 32.2. The quantitative estimate of drug-likeness (QED) is 0.493. The molecular formula is C24H15F3N4O2S. The van der Waals surface area contributed by atoms with E-state index in [0.717, 1.165) is 21.3 Å². The number of carbonyl (C=O) groups excluding carboxylic acids is 1. The summed E-state index contributed by atoms with van der Waals surface area (Å²) in [5.74, 6) is -0.842. The van der Waals surface area contributed by atoms with E-state index in [9.17, 15) is 18.0 Å². The van der Waals surface area contributed by atoms with E-state index in [2.05, 4.69) is 10.1 Å². The molecule has 0 atom stereocenters. The predicted molar refractivity (Wildman–Crippen MR) is 126 cm³/mol. The number of aliphatic imine (C=N–C) groups is 1. The van der Waals surface area contributed by atoms with Gasteiger partial charge in [-0.25, -0.2) is 0 Å². The maximum absolute atomic E-state index is 13.0. The van der Waals surface area contributed by atoms with E-state index in [0.29, 0.717) is 11.3 Å². The first-order valence-corrected chi connectivity index (χ1v) is 10.9. The molecule has 1 amide bonds. The van der Waals surface area contributed by atoms with Gasteiger partial charge in [0, 0.05) is 5.56 Å². The Balaban J connectivity index is 1.44. The van der Waals surface area contributed by atoms with Gasteiger partial charge in [0.15, 0.2) is 5.84 Å². The van der Waals surface area contributed by atoms with E-state index < -0.39 is 23.0 Å². The highest BCUT2D eigenvalue weighted by Gasteiger charge is 2.46. The maximum Gasteiger partial charge on any atom is 0.441 e. The number of hydrogen-bond acceptors (Lipinski definition) is 5. The smallest absolute Gasteiger partial charge is 0.441 e. The summed E-state index contributed by atoms with van der Waals surface area (Å²) in [6.07, 6.45) is -3.31. The van der Waals surface area contributed by atoms with Gasteiger partial charge < -0.3 is 4.74 Å². The Morgan fingerprint density at radius 3 is 2.59 bits per heavy atom. The summed E-state index contributed by atoms with van der Waals surface area (Å²) in [7, 11) is 0. The van der Waals surface area contributed by atoms with Gasteiger partial charge in [-0.1, -0.05) is 60.7 Å². The standard InChI is InChI=1S/C24H15F3N4O2S/c25-24(26,27)22-30-31-20(28)18(21(32)29-23(31)34-22)12-15-7-2-4-11-19(15)33-13-16-9-5-8-14-6-1-3-10-17(14)16/h1-12,28H,13H2. The molecule has 6 nitrogen and oxygen atoms in total. The highest BCUT2D eigenvalue weighted by Crippen LogP contribution is 2.35. The summed E-state index contributed by atoms with van der Waals surface area (Å²) in [6.45, 7) is 0.261. The van der Waals surface area contributed by atoms with E-state index in [4.69, 9.17) is 10.1 Å². The molecule has 0 spiro atoms. The molecule has 3 aromatic carbocycles. The van der Waals surface area contributed by atoms with Gasteiger partial charge in [0.05, 0.1) is 5.57 Å². The number of hydrogen-bond donors (Lipinski definition) is 1. The highest BCUT2D eigenvalue weighted by molar-refractivity contribution is 8.27. The second kappa shape index (κ2) is 8.45. The number of ether oxygens (including phenoxy) is 1. The zero-order valence-corrected chi connectivity index (χ0v) is 18.2. The number of halogens is 3. The minimum atomic E-state index is -4.69. The van der Waals surface area contributed by atoms with Crippen molar-refractivity contribution in [3.8, 4) is 5.75 Å². The molecule has 2 aliphatic rings. The number of fused-ring (bicyclic) bond motifs is 2. The van der Waals surface area contributed by atoms with Gasteiger partial charge >= 0.3 is 6.18 Å². The second-order valence-corrected chi connectivity index (χ2v) is 8.34. The lowest BCUT2D eigenvalue weighted by molar-refractivity contribution is -0.114. The average molecular weight is 480 g/mol. The Morgan fingerprint density at radius 2 is 1.76 bits per heavy atom. The molecule has 34 heavy (non-hydrogen) atoms. The van der Waals surface area contributed by atoms with E-state index >= 15 is 0 Å². The van der Waals surface area contributed by atoms with Crippen LogP contribution in [0.1, 0.15) is 11.1 Å². The first kappa shape index (κ1) is 21.9. The van der Waals surface area contributed by atoms with Gasteiger partial charge in [0.1, 0.15) is 12.4 Å². The van der Waals surface area contributed by atoms with Crippen molar-refractivity contribution in [1.29, 1.82) is 5.41 Å². The molecule has 1 N–H and O–H groups in total. The van der Waals surface area contributed by atoms with Crippen LogP contribution >= 0.6 is 11.8 Å². The molecule has 0 saturated carbocycles. The van der Waals surface area contributed by atoms with Crippen molar-refractivity contribution in [2.45, 2.75) is 12.8 Å². The normalized spacial score (nSPS) is 17.1. The van der Waals surface area contributed by atoms with Gasteiger partial charge in [-0.05, 0) is 40.2 Å². The van der Waals surface area contributed by atoms with Crippen molar-refractivity contribution in [2.75, 3.05) is 0 Å². The molecule has 0 radical (unpaired) electrons. The molecule has 3 aromatic rings. The molecule has 0 aliphatic carbocycles. The van der Waals surface area contributed by atoms with Crippen molar-refractivity contribution in [3.05, 3.63) is 83.4 Å². The summed E-state index contributed by atoms with van der Waals surface area (Å²) in [6, 6.07) is 20.7. The average Bonchev–Trinajstić information content (AvgIpc) is 3.26. The molecule has 0 saturated heterocycles. The number of alkyl halides is 3. The summed E-state index contributed by atoms with van der Waals surface area (Å²) in [5, 5.41) is 13.1. The molecule has 0 aromatic heterocycles. The lowest BCUT2D eigenvalue weighted by Gasteiger charge is -2.20. The van der Waals surface area contributed by atoms with Crippen LogP contribution in [0.25, 0.3) is 16.8 Å². The predicted octanol–water partition coefficient (Wildman–Crippen LogP) is 5.60. The number of hydrazone groups is 1. The minimum absolute atomic E-state index is 0.183. The molecule has 0 fully saturated rings. The summed E-state index contributed by atoms with van der Waals surface area (Å²) < 4.78 is 45.1. The molecule has 2 aliphatic heterocycles. The van der Waals surface area contributed by atoms with Crippen molar-refractivity contribution in [3.63, 3.8) is 0 Å². The number of benzene rings is 3. The Kier molecular flexibility index (Phi) is 5.45. The fourth-order valence-corrected chi connectivity index (χ4v) is 4.33. The van der Waals surface area contributed by atoms with E-state index in [1.807, 2.05) is 42.5 Å². The Bertz CT molecular complexity index is 1420. The summed E-state index contributed by atoms with van der Waals surface area (Å²) >= 11 is 0.214. The first-order chi connectivity index (χ1) is 16.3. The van der Waals surface area contributed by atoms with Crippen molar-refractivity contribution in [2.24, 2.45) is 10.1 Å². The molecule has 0 bridgehead atoms. The minimum Gasteiger partial charge on any atom is -0.488 e. The van der Waals surface area contributed by atoms with Crippen molar-refractivity contribution < 1.29 is 22.7 Å². The zero-order valence-electron chi connectivity index (χ0n) is 17.3. The van der Waals surface area contributed by atoms with Gasteiger partial charge in [-0.2, -0.15) is 28.3 Å². The largest absolute Gasteiger partial charge is 0.488 e. The van der Waals surface area contributed by atoms with Crippen LogP contribution in [0.5, 0.6) is 5.75 Å². The van der Waals surface area contributed by atoms with Crippen LogP contribution in [0.2, 0.25) is 0 Å². The lowest BCUT2D eigenvalue weighted by Crippen LogP contribution is -2.35. The number of para-hydroxylation sites is 1. The Morgan fingerprint density at radius 1 is 1.03 bits per heavy atom. The van der Waals surface area contributed by atoms with E-state index in [-0.39, 0.29) is 29.1 Å². The number of amidine groups is 2. The SMILES string of the molecule is N=C1C(=Cc2ccccc2OCc2cccc3ccccc23)C(=O)N=C2SC(C(F)(F)F)=NN12. The zero-order chi connectivity index (χ0) is 23.9. The number of nitrogens with zero attached hydrogens (tertiary/aromatic N) is 3. The van der Waals surface area contributed by atoms with Crippen LogP contribution in [0.15, 0.2) is 82.4 Å². The Labute approximate surface area is 195 Å². The fourth-order valence-electron chi connectivity index (χ4n) is 3.57. The third-order valence-electron chi connectivity index (χ3n) is 5.18. The topological polar surface area (TPSA) is 78.1 Å². The summed E-state index contributed by atoms with van der Waals surface area (Å²) in [5.41, 5.74) is 1.28. The lowest BCUT2D eigenvalue weighted by atomic mass is 10.1. The molecule has 170 valence electrons. The van der Waals surface area contributed by atoms with Crippen molar-refractivity contribution in [1.82, 2.24) is 5.01 Å². The van der Waals surface area contributed by atoms with Crippen LogP contribution < -0.4 is 4.74 Å². The number of amides is 1.